The van der Waals surface area contributed by atoms with E-state index < -0.39 is 5.41 Å². The van der Waals surface area contributed by atoms with Gasteiger partial charge in [-0.1, -0.05) is 0 Å². The van der Waals surface area contributed by atoms with Crippen LogP contribution in [-0.2, 0) is 10.2 Å². The highest BCUT2D eigenvalue weighted by molar-refractivity contribution is 14.1. The Labute approximate surface area is 90.9 Å². The van der Waals surface area contributed by atoms with Crippen LogP contribution in [0.25, 0.3) is 0 Å². The van der Waals surface area contributed by atoms with Crippen molar-refractivity contribution in [3.05, 3.63) is 27.6 Å². The van der Waals surface area contributed by atoms with Crippen LogP contribution in [0, 0.1) is 3.57 Å². The van der Waals surface area contributed by atoms with Crippen molar-refractivity contribution in [3.63, 3.8) is 0 Å². The molecule has 4 heteroatoms. The first-order chi connectivity index (χ1) is 5.94. The molecule has 1 heterocycles. The third kappa shape index (κ3) is 2.18. The summed E-state index contributed by atoms with van der Waals surface area (Å²) in [6, 6.07) is 3.74. The van der Waals surface area contributed by atoms with Crippen LogP contribution in [0.5, 0.6) is 0 Å². The van der Waals surface area contributed by atoms with E-state index in [0.717, 1.165) is 3.57 Å². The molecule has 0 aromatic carbocycles. The Kier molecular flexibility index (Phi) is 2.90. The smallest absolute Gasteiger partial charge is 0.229 e. The minimum Gasteiger partial charge on any atom is -0.369 e. The maximum atomic E-state index is 11.1. The Hall–Kier alpha value is -0.650. The SMILES string of the molecule is CC(C)(C(N)=O)c1cc(I)ccn1. The summed E-state index contributed by atoms with van der Waals surface area (Å²) in [5.41, 5.74) is 5.29. The molecular formula is C9H11IN2O. The van der Waals surface area contributed by atoms with Crippen LogP contribution in [0.1, 0.15) is 19.5 Å². The second kappa shape index (κ2) is 3.61. The zero-order valence-electron chi connectivity index (χ0n) is 7.54. The molecule has 1 rings (SSSR count). The van der Waals surface area contributed by atoms with Crippen molar-refractivity contribution in [2.45, 2.75) is 19.3 Å². The zero-order valence-corrected chi connectivity index (χ0v) is 9.70. The molecule has 1 aromatic rings. The molecule has 70 valence electrons. The van der Waals surface area contributed by atoms with Crippen LogP contribution in [0.15, 0.2) is 18.3 Å². The Bertz CT molecular complexity index is 336. The Morgan fingerprint density at radius 3 is 2.69 bits per heavy atom. The molecule has 0 unspecified atom stereocenters. The van der Waals surface area contributed by atoms with Gasteiger partial charge in [0.2, 0.25) is 5.91 Å². The first-order valence-electron chi connectivity index (χ1n) is 3.86. The number of hydrogen-bond acceptors (Lipinski definition) is 2. The summed E-state index contributed by atoms with van der Waals surface area (Å²) in [5.74, 6) is -0.359. The molecule has 0 saturated carbocycles. The van der Waals surface area contributed by atoms with Crippen LogP contribution in [-0.4, -0.2) is 10.9 Å². The molecule has 0 atom stereocenters. The van der Waals surface area contributed by atoms with E-state index in [2.05, 4.69) is 27.6 Å². The summed E-state index contributed by atoms with van der Waals surface area (Å²) in [5, 5.41) is 0. The minimum atomic E-state index is -0.693. The molecule has 2 N–H and O–H groups in total. The highest BCUT2D eigenvalue weighted by Crippen LogP contribution is 2.21. The lowest BCUT2D eigenvalue weighted by Gasteiger charge is -2.19. The molecule has 1 amide bonds. The molecule has 0 spiro atoms. The second-order valence-corrected chi connectivity index (χ2v) is 4.59. The van der Waals surface area contributed by atoms with Crippen molar-refractivity contribution in [2.75, 3.05) is 0 Å². The summed E-state index contributed by atoms with van der Waals surface area (Å²) >= 11 is 2.18. The summed E-state index contributed by atoms with van der Waals surface area (Å²) in [7, 11) is 0. The number of hydrogen-bond donors (Lipinski definition) is 1. The van der Waals surface area contributed by atoms with Crippen LogP contribution in [0.4, 0.5) is 0 Å². The van der Waals surface area contributed by atoms with E-state index in [9.17, 15) is 4.79 Å². The van der Waals surface area contributed by atoms with Crippen molar-refractivity contribution < 1.29 is 4.79 Å². The van der Waals surface area contributed by atoms with Gasteiger partial charge in [-0.15, -0.1) is 0 Å². The number of nitrogens with zero attached hydrogens (tertiary/aromatic N) is 1. The maximum absolute atomic E-state index is 11.1. The topological polar surface area (TPSA) is 56.0 Å². The number of carbonyl (C=O) groups is 1. The predicted molar refractivity (Wildman–Crippen MR) is 59.2 cm³/mol. The highest BCUT2D eigenvalue weighted by atomic mass is 127. The predicted octanol–water partition coefficient (Wildman–Crippen LogP) is 1.45. The Morgan fingerprint density at radius 1 is 1.62 bits per heavy atom. The largest absolute Gasteiger partial charge is 0.369 e. The Balaban J connectivity index is 3.14. The minimum absolute atomic E-state index is 0.359. The summed E-state index contributed by atoms with van der Waals surface area (Å²) in [6.07, 6.45) is 1.68. The van der Waals surface area contributed by atoms with Gasteiger partial charge in [0.15, 0.2) is 0 Å². The van der Waals surface area contributed by atoms with Crippen LogP contribution in [0.3, 0.4) is 0 Å². The van der Waals surface area contributed by atoms with E-state index in [1.807, 2.05) is 12.1 Å². The Morgan fingerprint density at radius 2 is 2.23 bits per heavy atom. The lowest BCUT2D eigenvalue weighted by molar-refractivity contribution is -0.122. The second-order valence-electron chi connectivity index (χ2n) is 3.35. The van der Waals surface area contributed by atoms with E-state index in [1.54, 1.807) is 20.0 Å². The zero-order chi connectivity index (χ0) is 10.1. The molecule has 0 saturated heterocycles. The third-order valence-corrected chi connectivity index (χ3v) is 2.65. The van der Waals surface area contributed by atoms with Gasteiger partial charge in [-0.25, -0.2) is 0 Å². The van der Waals surface area contributed by atoms with E-state index >= 15 is 0 Å². The number of carbonyl (C=O) groups excluding carboxylic acids is 1. The van der Waals surface area contributed by atoms with Crippen molar-refractivity contribution in [1.82, 2.24) is 4.98 Å². The lowest BCUT2D eigenvalue weighted by Crippen LogP contribution is -2.36. The fraction of sp³-hybridized carbons (Fsp3) is 0.333. The van der Waals surface area contributed by atoms with Gasteiger partial charge < -0.3 is 5.73 Å². The van der Waals surface area contributed by atoms with Crippen LogP contribution >= 0.6 is 22.6 Å². The standard InChI is InChI=1S/C9H11IN2O/c1-9(2,8(11)13)7-5-6(10)3-4-12-7/h3-5H,1-2H3,(H2,11,13). The summed E-state index contributed by atoms with van der Waals surface area (Å²) in [4.78, 5) is 15.2. The fourth-order valence-corrected chi connectivity index (χ4v) is 1.33. The van der Waals surface area contributed by atoms with Gasteiger partial charge in [-0.2, -0.15) is 0 Å². The van der Waals surface area contributed by atoms with E-state index in [-0.39, 0.29) is 5.91 Å². The molecule has 1 aromatic heterocycles. The number of amides is 1. The molecule has 0 aliphatic rings. The quantitative estimate of drug-likeness (QED) is 0.838. The van der Waals surface area contributed by atoms with Gasteiger partial charge >= 0.3 is 0 Å². The number of halogens is 1. The molecule has 0 bridgehead atoms. The van der Waals surface area contributed by atoms with Gasteiger partial charge in [-0.05, 0) is 48.6 Å². The van der Waals surface area contributed by atoms with Gasteiger partial charge in [0.1, 0.15) is 0 Å². The van der Waals surface area contributed by atoms with Crippen molar-refractivity contribution in [2.24, 2.45) is 5.73 Å². The normalized spacial score (nSPS) is 11.3. The van der Waals surface area contributed by atoms with E-state index in [0.29, 0.717) is 5.69 Å². The van der Waals surface area contributed by atoms with Crippen LogP contribution < -0.4 is 5.73 Å². The number of aromatic nitrogens is 1. The monoisotopic (exact) mass is 290 g/mol. The van der Waals surface area contributed by atoms with E-state index in [4.69, 9.17) is 5.73 Å². The molecule has 0 radical (unpaired) electrons. The molecule has 0 fully saturated rings. The molecule has 13 heavy (non-hydrogen) atoms. The van der Waals surface area contributed by atoms with Crippen molar-refractivity contribution in [3.8, 4) is 0 Å². The maximum Gasteiger partial charge on any atom is 0.229 e. The average Bonchev–Trinajstić information content (AvgIpc) is 2.04. The number of nitrogens with two attached hydrogens (primary N) is 1. The first kappa shape index (κ1) is 10.4. The van der Waals surface area contributed by atoms with Crippen molar-refractivity contribution in [1.29, 1.82) is 0 Å². The fourth-order valence-electron chi connectivity index (χ4n) is 0.873. The van der Waals surface area contributed by atoms with Crippen molar-refractivity contribution >= 4 is 28.5 Å². The number of rotatable bonds is 2. The molecule has 0 aliphatic carbocycles. The van der Waals surface area contributed by atoms with E-state index in [1.165, 1.54) is 0 Å². The van der Waals surface area contributed by atoms with Gasteiger partial charge in [0.05, 0.1) is 11.1 Å². The van der Waals surface area contributed by atoms with Gasteiger partial charge in [0.25, 0.3) is 0 Å². The third-order valence-electron chi connectivity index (χ3n) is 1.98. The molecule has 0 aliphatic heterocycles. The summed E-state index contributed by atoms with van der Waals surface area (Å²) in [6.45, 7) is 3.54. The van der Waals surface area contributed by atoms with Gasteiger partial charge in [0, 0.05) is 9.77 Å². The van der Waals surface area contributed by atoms with Crippen LogP contribution in [0.2, 0.25) is 0 Å². The number of primary amides is 1. The number of pyridine rings is 1. The summed E-state index contributed by atoms with van der Waals surface area (Å²) < 4.78 is 1.05. The highest BCUT2D eigenvalue weighted by Gasteiger charge is 2.28. The lowest BCUT2D eigenvalue weighted by atomic mass is 9.88. The molecule has 3 nitrogen and oxygen atoms in total. The average molecular weight is 290 g/mol. The van der Waals surface area contributed by atoms with Gasteiger partial charge in [-0.3, -0.25) is 9.78 Å². The first-order valence-corrected chi connectivity index (χ1v) is 4.94. The molecular weight excluding hydrogens is 279 g/mol.